The van der Waals surface area contributed by atoms with E-state index in [-0.39, 0.29) is 18.1 Å². The Kier molecular flexibility index (Phi) is 4.07. The molecule has 1 saturated heterocycles. The van der Waals surface area contributed by atoms with Crippen LogP contribution in [0.15, 0.2) is 53.5 Å². The second kappa shape index (κ2) is 6.74. The van der Waals surface area contributed by atoms with Gasteiger partial charge >= 0.3 is 0 Å². The van der Waals surface area contributed by atoms with Crippen molar-refractivity contribution >= 4 is 5.91 Å². The van der Waals surface area contributed by atoms with Crippen LogP contribution in [0.2, 0.25) is 0 Å². The van der Waals surface area contributed by atoms with E-state index >= 15 is 0 Å². The highest BCUT2D eigenvalue weighted by molar-refractivity contribution is 5.99. The first-order valence-corrected chi connectivity index (χ1v) is 9.44. The molecule has 2 aliphatic rings. The van der Waals surface area contributed by atoms with Gasteiger partial charge in [0, 0.05) is 25.0 Å². The Morgan fingerprint density at radius 1 is 1.18 bits per heavy atom. The molecule has 0 N–H and O–H groups in total. The number of fused-ring (bicyclic) bond motifs is 2. The normalized spacial score (nSPS) is 23.2. The summed E-state index contributed by atoms with van der Waals surface area (Å²) in [7, 11) is 0. The lowest BCUT2D eigenvalue weighted by Crippen LogP contribution is -2.47. The second-order valence-electron chi connectivity index (χ2n) is 7.43. The summed E-state index contributed by atoms with van der Waals surface area (Å²) in [6.07, 6.45) is 8.33. The number of amides is 1. The number of oxazole rings is 1. The van der Waals surface area contributed by atoms with Gasteiger partial charge in [-0.3, -0.25) is 9.78 Å². The van der Waals surface area contributed by atoms with E-state index in [9.17, 15) is 4.79 Å². The van der Waals surface area contributed by atoms with Gasteiger partial charge in [0.05, 0.1) is 17.8 Å². The molecule has 142 valence electrons. The molecule has 2 fully saturated rings. The second-order valence-corrected chi connectivity index (χ2v) is 7.43. The van der Waals surface area contributed by atoms with Gasteiger partial charge in [0.15, 0.2) is 0 Å². The van der Waals surface area contributed by atoms with Crippen LogP contribution in [-0.2, 0) is 0 Å². The molecule has 28 heavy (non-hydrogen) atoms. The third-order valence-corrected chi connectivity index (χ3v) is 5.52. The molecule has 7 nitrogen and oxygen atoms in total. The summed E-state index contributed by atoms with van der Waals surface area (Å²) in [6.45, 7) is 2.73. The van der Waals surface area contributed by atoms with Crippen molar-refractivity contribution in [1.29, 1.82) is 0 Å². The molecule has 0 aromatic carbocycles. The SMILES string of the molecule is Cc1ccc(OC2CC3CC2N(C(=O)c2cccnc2-c2ncco2)C3)nc1. The number of hydrogen-bond donors (Lipinski definition) is 0. The highest BCUT2D eigenvalue weighted by Gasteiger charge is 2.48. The maximum Gasteiger partial charge on any atom is 0.256 e. The predicted octanol–water partition coefficient (Wildman–Crippen LogP) is 3.12. The van der Waals surface area contributed by atoms with E-state index in [2.05, 4.69) is 15.0 Å². The molecule has 3 aromatic rings. The van der Waals surface area contributed by atoms with Gasteiger partial charge in [-0.15, -0.1) is 0 Å². The molecule has 1 aliphatic heterocycles. The van der Waals surface area contributed by atoms with Crippen molar-refractivity contribution in [3.8, 4) is 17.5 Å². The molecule has 0 spiro atoms. The van der Waals surface area contributed by atoms with Crippen molar-refractivity contribution in [1.82, 2.24) is 19.9 Å². The minimum absolute atomic E-state index is 0.0400. The summed E-state index contributed by atoms with van der Waals surface area (Å²) in [5.74, 6) is 1.35. The van der Waals surface area contributed by atoms with Crippen molar-refractivity contribution < 1.29 is 13.9 Å². The van der Waals surface area contributed by atoms with Crippen LogP contribution in [-0.4, -0.2) is 44.4 Å². The van der Waals surface area contributed by atoms with E-state index in [0.29, 0.717) is 28.9 Å². The number of carbonyl (C=O) groups excluding carboxylic acids is 1. The molecule has 3 atom stereocenters. The van der Waals surface area contributed by atoms with E-state index in [1.165, 1.54) is 6.26 Å². The van der Waals surface area contributed by atoms with Crippen LogP contribution in [0.1, 0.15) is 28.8 Å². The van der Waals surface area contributed by atoms with E-state index < -0.39 is 0 Å². The van der Waals surface area contributed by atoms with Gasteiger partial charge in [0.25, 0.3) is 5.91 Å². The molecule has 4 heterocycles. The van der Waals surface area contributed by atoms with Crippen LogP contribution in [0.5, 0.6) is 5.88 Å². The summed E-state index contributed by atoms with van der Waals surface area (Å²) in [5, 5.41) is 0. The average molecular weight is 376 g/mol. The number of pyridine rings is 2. The number of likely N-dealkylation sites (tertiary alicyclic amines) is 1. The van der Waals surface area contributed by atoms with Crippen molar-refractivity contribution in [2.24, 2.45) is 5.92 Å². The number of nitrogens with zero attached hydrogens (tertiary/aromatic N) is 4. The van der Waals surface area contributed by atoms with Gasteiger partial charge in [0.2, 0.25) is 11.8 Å². The molecular weight excluding hydrogens is 356 g/mol. The maximum atomic E-state index is 13.3. The Bertz CT molecular complexity index is 987. The lowest BCUT2D eigenvalue weighted by atomic mass is 10.1. The lowest BCUT2D eigenvalue weighted by molar-refractivity contribution is 0.0466. The number of rotatable bonds is 4. The molecule has 3 aromatic heterocycles. The van der Waals surface area contributed by atoms with Crippen LogP contribution in [0.3, 0.4) is 0 Å². The van der Waals surface area contributed by atoms with Crippen molar-refractivity contribution in [3.05, 3.63) is 60.2 Å². The largest absolute Gasteiger partial charge is 0.472 e. The quantitative estimate of drug-likeness (QED) is 0.696. The first-order chi connectivity index (χ1) is 13.7. The minimum Gasteiger partial charge on any atom is -0.472 e. The fourth-order valence-corrected chi connectivity index (χ4v) is 4.25. The van der Waals surface area contributed by atoms with Gasteiger partial charge in [0.1, 0.15) is 18.1 Å². The monoisotopic (exact) mass is 376 g/mol. The Morgan fingerprint density at radius 3 is 2.86 bits per heavy atom. The van der Waals surface area contributed by atoms with Gasteiger partial charge in [-0.25, -0.2) is 9.97 Å². The maximum absolute atomic E-state index is 13.3. The number of aryl methyl sites for hydroxylation is 1. The molecule has 1 amide bonds. The number of aromatic nitrogens is 3. The van der Waals surface area contributed by atoms with Crippen molar-refractivity contribution in [2.75, 3.05) is 6.54 Å². The summed E-state index contributed by atoms with van der Waals surface area (Å²) in [5.41, 5.74) is 2.07. The minimum atomic E-state index is -0.0565. The summed E-state index contributed by atoms with van der Waals surface area (Å²) in [6, 6.07) is 7.45. The molecular formula is C21H20N4O3. The molecule has 1 saturated carbocycles. The first-order valence-electron chi connectivity index (χ1n) is 9.44. The first kappa shape index (κ1) is 16.9. The van der Waals surface area contributed by atoms with Gasteiger partial charge < -0.3 is 14.1 Å². The molecule has 3 unspecified atom stereocenters. The standard InChI is InChI=1S/C21H20N4O3/c1-13-4-5-18(24-11-13)28-17-10-14-9-16(17)25(12-14)21(26)15-3-2-6-22-19(15)20-23-7-8-27-20/h2-8,11,14,16-17H,9-10,12H2,1H3. The molecule has 1 aliphatic carbocycles. The summed E-state index contributed by atoms with van der Waals surface area (Å²) >= 11 is 0. The van der Waals surface area contributed by atoms with Gasteiger partial charge in [-0.2, -0.15) is 0 Å². The van der Waals surface area contributed by atoms with E-state index in [0.717, 1.165) is 24.9 Å². The van der Waals surface area contributed by atoms with Crippen LogP contribution in [0.4, 0.5) is 0 Å². The molecule has 2 bridgehead atoms. The van der Waals surface area contributed by atoms with E-state index in [1.54, 1.807) is 30.7 Å². The summed E-state index contributed by atoms with van der Waals surface area (Å²) < 4.78 is 11.5. The van der Waals surface area contributed by atoms with Gasteiger partial charge in [-0.05, 0) is 43.4 Å². The zero-order chi connectivity index (χ0) is 19.1. The Balaban J connectivity index is 1.39. The Morgan fingerprint density at radius 2 is 2.11 bits per heavy atom. The van der Waals surface area contributed by atoms with Crippen molar-refractivity contribution in [2.45, 2.75) is 31.9 Å². The fourth-order valence-electron chi connectivity index (χ4n) is 4.25. The highest BCUT2D eigenvalue weighted by Crippen LogP contribution is 2.40. The van der Waals surface area contributed by atoms with Crippen LogP contribution < -0.4 is 4.74 Å². The molecule has 5 rings (SSSR count). The topological polar surface area (TPSA) is 81.4 Å². The lowest BCUT2D eigenvalue weighted by Gasteiger charge is -2.33. The smallest absolute Gasteiger partial charge is 0.256 e. The fraction of sp³-hybridized carbons (Fsp3) is 0.333. The van der Waals surface area contributed by atoms with Crippen LogP contribution in [0.25, 0.3) is 11.6 Å². The van der Waals surface area contributed by atoms with E-state index in [4.69, 9.17) is 9.15 Å². The average Bonchev–Trinajstić information content (AvgIpc) is 3.46. The highest BCUT2D eigenvalue weighted by atomic mass is 16.5. The zero-order valence-electron chi connectivity index (χ0n) is 15.5. The Labute approximate surface area is 162 Å². The number of hydrogen-bond acceptors (Lipinski definition) is 6. The van der Waals surface area contributed by atoms with E-state index in [1.807, 2.05) is 24.0 Å². The number of piperidine rings is 1. The third-order valence-electron chi connectivity index (χ3n) is 5.52. The molecule has 0 radical (unpaired) electrons. The van der Waals surface area contributed by atoms with Gasteiger partial charge in [-0.1, -0.05) is 6.07 Å². The number of ether oxygens (including phenoxy) is 1. The Hall–Kier alpha value is -3.22. The third kappa shape index (κ3) is 2.93. The van der Waals surface area contributed by atoms with Crippen LogP contribution in [0, 0.1) is 12.8 Å². The predicted molar refractivity (Wildman–Crippen MR) is 101 cm³/mol. The number of carbonyl (C=O) groups is 1. The van der Waals surface area contributed by atoms with Crippen LogP contribution >= 0.6 is 0 Å². The molecule has 7 heteroatoms. The zero-order valence-corrected chi connectivity index (χ0v) is 15.5. The summed E-state index contributed by atoms with van der Waals surface area (Å²) in [4.78, 5) is 28.1. The van der Waals surface area contributed by atoms with Crippen molar-refractivity contribution in [3.63, 3.8) is 0 Å².